The van der Waals surface area contributed by atoms with Gasteiger partial charge in [0.1, 0.15) is 5.69 Å². The van der Waals surface area contributed by atoms with E-state index in [2.05, 4.69) is 31.1 Å². The fourth-order valence-corrected chi connectivity index (χ4v) is 2.43. The standard InChI is InChI=1S/C14H21ClN2O/c1-13(2,3)9-14(4,5)17-12(18)11-8-10(15)6-7-16-11/h6-8H,9H2,1-5H3,(H,17,18). The van der Waals surface area contributed by atoms with Crippen LogP contribution in [-0.4, -0.2) is 16.4 Å². The van der Waals surface area contributed by atoms with E-state index in [0.717, 1.165) is 6.42 Å². The Morgan fingerprint density at radius 1 is 1.33 bits per heavy atom. The molecule has 1 heterocycles. The molecule has 0 aliphatic heterocycles. The summed E-state index contributed by atoms with van der Waals surface area (Å²) >= 11 is 5.85. The number of nitrogens with one attached hydrogen (secondary N) is 1. The lowest BCUT2D eigenvalue weighted by Crippen LogP contribution is -2.46. The molecule has 1 N–H and O–H groups in total. The van der Waals surface area contributed by atoms with Crippen LogP contribution in [0, 0.1) is 5.41 Å². The van der Waals surface area contributed by atoms with Gasteiger partial charge in [-0.15, -0.1) is 0 Å². The average molecular weight is 269 g/mol. The molecule has 0 fully saturated rings. The van der Waals surface area contributed by atoms with Gasteiger partial charge < -0.3 is 5.32 Å². The first-order valence-electron chi connectivity index (χ1n) is 6.03. The van der Waals surface area contributed by atoms with Crippen LogP contribution in [0.1, 0.15) is 51.5 Å². The number of hydrogen-bond donors (Lipinski definition) is 1. The predicted molar refractivity (Wildman–Crippen MR) is 74.9 cm³/mol. The summed E-state index contributed by atoms with van der Waals surface area (Å²) in [6.45, 7) is 10.5. The highest BCUT2D eigenvalue weighted by Crippen LogP contribution is 2.27. The van der Waals surface area contributed by atoms with Crippen LogP contribution >= 0.6 is 11.6 Å². The van der Waals surface area contributed by atoms with Crippen molar-refractivity contribution in [2.75, 3.05) is 0 Å². The van der Waals surface area contributed by atoms with Crippen molar-refractivity contribution in [3.8, 4) is 0 Å². The van der Waals surface area contributed by atoms with Crippen LogP contribution in [0.15, 0.2) is 18.3 Å². The quantitative estimate of drug-likeness (QED) is 0.909. The van der Waals surface area contributed by atoms with Gasteiger partial charge in [-0.05, 0) is 37.8 Å². The molecule has 1 rings (SSSR count). The average Bonchev–Trinajstić information content (AvgIpc) is 2.12. The van der Waals surface area contributed by atoms with Crippen LogP contribution in [-0.2, 0) is 0 Å². The molecule has 1 amide bonds. The Morgan fingerprint density at radius 2 is 1.94 bits per heavy atom. The summed E-state index contributed by atoms with van der Waals surface area (Å²) in [7, 11) is 0. The highest BCUT2D eigenvalue weighted by atomic mass is 35.5. The zero-order valence-electron chi connectivity index (χ0n) is 11.7. The van der Waals surface area contributed by atoms with E-state index in [0.29, 0.717) is 10.7 Å². The molecule has 1 aromatic heterocycles. The van der Waals surface area contributed by atoms with Crippen LogP contribution < -0.4 is 5.32 Å². The van der Waals surface area contributed by atoms with Gasteiger partial charge in [-0.25, -0.2) is 0 Å². The molecular weight excluding hydrogens is 248 g/mol. The van der Waals surface area contributed by atoms with Crippen LogP contribution in [0.5, 0.6) is 0 Å². The number of rotatable bonds is 3. The van der Waals surface area contributed by atoms with E-state index >= 15 is 0 Å². The molecule has 1 aromatic rings. The van der Waals surface area contributed by atoms with E-state index in [9.17, 15) is 4.79 Å². The molecule has 0 saturated carbocycles. The number of nitrogens with zero attached hydrogens (tertiary/aromatic N) is 1. The SMILES string of the molecule is CC(C)(C)CC(C)(C)NC(=O)c1cc(Cl)ccn1. The van der Waals surface area contributed by atoms with E-state index in [4.69, 9.17) is 11.6 Å². The molecule has 0 aliphatic rings. The first-order chi connectivity index (χ1) is 8.09. The highest BCUT2D eigenvalue weighted by molar-refractivity contribution is 6.30. The third-order valence-electron chi connectivity index (χ3n) is 2.38. The largest absolute Gasteiger partial charge is 0.346 e. The maximum absolute atomic E-state index is 12.1. The van der Waals surface area contributed by atoms with E-state index < -0.39 is 0 Å². The van der Waals surface area contributed by atoms with E-state index in [1.165, 1.54) is 6.20 Å². The van der Waals surface area contributed by atoms with Gasteiger partial charge >= 0.3 is 0 Å². The Balaban J connectivity index is 2.75. The third kappa shape index (κ3) is 5.05. The van der Waals surface area contributed by atoms with E-state index in [1.807, 2.05) is 13.8 Å². The second-order valence-corrected chi connectivity index (χ2v) is 6.87. The summed E-state index contributed by atoms with van der Waals surface area (Å²) in [5, 5.41) is 3.51. The van der Waals surface area contributed by atoms with Crippen molar-refractivity contribution in [2.24, 2.45) is 5.41 Å². The first-order valence-corrected chi connectivity index (χ1v) is 6.41. The Hall–Kier alpha value is -1.09. The van der Waals surface area contributed by atoms with Gasteiger partial charge in [0.25, 0.3) is 5.91 Å². The lowest BCUT2D eigenvalue weighted by molar-refractivity contribution is 0.0886. The van der Waals surface area contributed by atoms with Gasteiger partial charge in [-0.3, -0.25) is 9.78 Å². The van der Waals surface area contributed by atoms with Crippen LogP contribution in [0.2, 0.25) is 5.02 Å². The molecule has 0 atom stereocenters. The number of aromatic nitrogens is 1. The lowest BCUT2D eigenvalue weighted by atomic mass is 9.82. The van der Waals surface area contributed by atoms with Crippen molar-refractivity contribution in [1.82, 2.24) is 10.3 Å². The van der Waals surface area contributed by atoms with E-state index in [1.54, 1.807) is 12.1 Å². The summed E-state index contributed by atoms with van der Waals surface area (Å²) < 4.78 is 0. The van der Waals surface area contributed by atoms with Crippen molar-refractivity contribution in [3.63, 3.8) is 0 Å². The summed E-state index contributed by atoms with van der Waals surface area (Å²) in [6.07, 6.45) is 2.42. The van der Waals surface area contributed by atoms with Crippen molar-refractivity contribution in [1.29, 1.82) is 0 Å². The van der Waals surface area contributed by atoms with Crippen molar-refractivity contribution < 1.29 is 4.79 Å². The van der Waals surface area contributed by atoms with Crippen molar-refractivity contribution in [3.05, 3.63) is 29.0 Å². The fourth-order valence-electron chi connectivity index (χ4n) is 2.27. The maximum Gasteiger partial charge on any atom is 0.270 e. The smallest absolute Gasteiger partial charge is 0.270 e. The minimum absolute atomic E-state index is 0.151. The first kappa shape index (κ1) is 15.0. The van der Waals surface area contributed by atoms with Gasteiger partial charge in [0.2, 0.25) is 0 Å². The lowest BCUT2D eigenvalue weighted by Gasteiger charge is -2.33. The van der Waals surface area contributed by atoms with Gasteiger partial charge in [0.15, 0.2) is 0 Å². The van der Waals surface area contributed by atoms with E-state index in [-0.39, 0.29) is 16.9 Å². The molecule has 18 heavy (non-hydrogen) atoms. The van der Waals surface area contributed by atoms with Crippen molar-refractivity contribution >= 4 is 17.5 Å². The monoisotopic (exact) mass is 268 g/mol. The predicted octanol–water partition coefficient (Wildman–Crippen LogP) is 3.68. The molecule has 0 aromatic carbocycles. The van der Waals surface area contributed by atoms with Crippen LogP contribution in [0.25, 0.3) is 0 Å². The van der Waals surface area contributed by atoms with Crippen molar-refractivity contribution in [2.45, 2.75) is 46.6 Å². The third-order valence-corrected chi connectivity index (χ3v) is 2.61. The minimum Gasteiger partial charge on any atom is -0.346 e. The summed E-state index contributed by atoms with van der Waals surface area (Å²) in [5.74, 6) is -0.188. The number of hydrogen-bond acceptors (Lipinski definition) is 2. The molecule has 100 valence electrons. The molecule has 0 saturated heterocycles. The second kappa shape index (κ2) is 5.27. The molecule has 3 nitrogen and oxygen atoms in total. The molecule has 0 spiro atoms. The molecule has 0 aliphatic carbocycles. The Bertz CT molecular complexity index is 436. The fraction of sp³-hybridized carbons (Fsp3) is 0.571. The normalized spacial score (nSPS) is 12.3. The Kier molecular flexibility index (Phi) is 4.38. The number of carbonyl (C=O) groups excluding carboxylic acids is 1. The minimum atomic E-state index is -0.278. The highest BCUT2D eigenvalue weighted by Gasteiger charge is 2.27. The summed E-state index contributed by atoms with van der Waals surface area (Å²) in [6, 6.07) is 3.22. The molecular formula is C14H21ClN2O. The van der Waals surface area contributed by atoms with Gasteiger partial charge in [0.05, 0.1) is 0 Å². The Morgan fingerprint density at radius 3 is 2.44 bits per heavy atom. The Labute approximate surface area is 114 Å². The van der Waals surface area contributed by atoms with Gasteiger partial charge in [-0.1, -0.05) is 32.4 Å². The summed E-state index contributed by atoms with van der Waals surface area (Å²) in [5.41, 5.74) is 0.224. The zero-order chi connectivity index (χ0) is 14.0. The zero-order valence-corrected chi connectivity index (χ0v) is 12.4. The number of pyridine rings is 1. The topological polar surface area (TPSA) is 42.0 Å². The van der Waals surface area contributed by atoms with Gasteiger partial charge in [-0.2, -0.15) is 0 Å². The molecule has 0 radical (unpaired) electrons. The number of carbonyl (C=O) groups is 1. The summed E-state index contributed by atoms with van der Waals surface area (Å²) in [4.78, 5) is 16.1. The maximum atomic E-state index is 12.1. The van der Waals surface area contributed by atoms with Crippen LogP contribution in [0.4, 0.5) is 0 Å². The van der Waals surface area contributed by atoms with Gasteiger partial charge in [0, 0.05) is 16.8 Å². The number of amides is 1. The molecule has 0 unspecified atom stereocenters. The molecule has 4 heteroatoms. The molecule has 0 bridgehead atoms. The number of halogens is 1. The van der Waals surface area contributed by atoms with Crippen LogP contribution in [0.3, 0.4) is 0 Å². The second-order valence-electron chi connectivity index (χ2n) is 6.43.